The minimum Gasteiger partial charge on any atom is -0.467 e. The molecule has 0 aromatic heterocycles. The molecule has 2 rings (SSSR count). The molecule has 0 aromatic rings. The van der Waals surface area contributed by atoms with Crippen molar-refractivity contribution in [3.63, 3.8) is 0 Å². The number of fused-ring (bicyclic) bond motifs is 1. The van der Waals surface area contributed by atoms with Crippen LogP contribution in [-0.2, 0) is 9.47 Å². The maximum absolute atomic E-state index is 8.89. The molecule has 2 aliphatic heterocycles. The summed E-state index contributed by atoms with van der Waals surface area (Å²) in [6, 6.07) is 0. The largest absolute Gasteiger partial charge is 0.467 e. The van der Waals surface area contributed by atoms with E-state index in [9.17, 15) is 0 Å². The maximum Gasteiger partial charge on any atom is 0.199 e. The number of ether oxygens (including phenoxy) is 2. The highest BCUT2D eigenvalue weighted by atomic mass is 16.6. The fraction of sp³-hybridized carbons (Fsp3) is 0.667. The summed E-state index contributed by atoms with van der Waals surface area (Å²) in [5.41, 5.74) is 0. The van der Waals surface area contributed by atoms with E-state index in [0.29, 0.717) is 13.0 Å². The predicted octanol–water partition coefficient (Wildman–Crippen LogP) is 0.00780. The van der Waals surface area contributed by atoms with E-state index in [1.54, 1.807) is 0 Å². The van der Waals surface area contributed by atoms with Crippen molar-refractivity contribution in [3.05, 3.63) is 11.8 Å². The van der Waals surface area contributed by atoms with Gasteiger partial charge < -0.3 is 14.6 Å². The highest BCUT2D eigenvalue weighted by molar-refractivity contribution is 5.09. The molecular weight excluding hydrogens is 120 g/mol. The van der Waals surface area contributed by atoms with E-state index in [1.807, 2.05) is 6.08 Å². The van der Waals surface area contributed by atoms with Crippen LogP contribution >= 0.6 is 0 Å². The molecule has 0 bridgehead atoms. The Morgan fingerprint density at radius 1 is 1.67 bits per heavy atom. The van der Waals surface area contributed by atoms with Crippen LogP contribution in [0.3, 0.4) is 0 Å². The summed E-state index contributed by atoms with van der Waals surface area (Å²) in [5.74, 6) is 0.808. The van der Waals surface area contributed by atoms with Gasteiger partial charge in [0.05, 0.1) is 6.61 Å². The fourth-order valence-corrected chi connectivity index (χ4v) is 1.16. The predicted molar refractivity (Wildman–Crippen MR) is 29.5 cm³/mol. The molecule has 3 nitrogen and oxygen atoms in total. The first-order valence-corrected chi connectivity index (χ1v) is 3.02. The lowest BCUT2D eigenvalue weighted by Gasteiger charge is -1.98. The molecule has 0 radical (unpaired) electrons. The zero-order chi connectivity index (χ0) is 6.27. The Hall–Kier alpha value is -0.540. The Bertz CT molecular complexity index is 152. The molecule has 3 heteroatoms. The number of aliphatic hydroxyl groups excluding tert-OH is 1. The second-order valence-corrected chi connectivity index (χ2v) is 2.24. The van der Waals surface area contributed by atoms with Gasteiger partial charge in [-0.05, 0) is 6.08 Å². The summed E-state index contributed by atoms with van der Waals surface area (Å²) in [4.78, 5) is 0. The van der Waals surface area contributed by atoms with Gasteiger partial charge in [-0.15, -0.1) is 0 Å². The standard InChI is InChI=1S/C6H8O3/c7-6-3-5-4(9-6)1-2-8-5/h1,5-7H,2-3H2. The van der Waals surface area contributed by atoms with Crippen molar-refractivity contribution in [2.24, 2.45) is 0 Å². The second kappa shape index (κ2) is 1.72. The summed E-state index contributed by atoms with van der Waals surface area (Å²) in [7, 11) is 0. The minimum absolute atomic E-state index is 0.0417. The van der Waals surface area contributed by atoms with Crippen LogP contribution in [0.2, 0.25) is 0 Å². The Kier molecular flexibility index (Phi) is 1.00. The third kappa shape index (κ3) is 0.730. The first kappa shape index (κ1) is 5.26. The van der Waals surface area contributed by atoms with Crippen molar-refractivity contribution in [1.82, 2.24) is 0 Å². The van der Waals surface area contributed by atoms with Crippen molar-refractivity contribution in [2.75, 3.05) is 6.61 Å². The SMILES string of the molecule is OC1CC2OCC=C2O1. The Morgan fingerprint density at radius 3 is 3.33 bits per heavy atom. The first-order valence-electron chi connectivity index (χ1n) is 3.02. The van der Waals surface area contributed by atoms with E-state index >= 15 is 0 Å². The molecule has 2 atom stereocenters. The van der Waals surface area contributed by atoms with Gasteiger partial charge in [-0.3, -0.25) is 0 Å². The molecule has 2 aliphatic rings. The van der Waals surface area contributed by atoms with E-state index in [2.05, 4.69) is 0 Å². The highest BCUT2D eigenvalue weighted by Gasteiger charge is 2.32. The normalized spacial score (nSPS) is 39.9. The molecule has 1 fully saturated rings. The Morgan fingerprint density at radius 2 is 2.56 bits per heavy atom. The van der Waals surface area contributed by atoms with Gasteiger partial charge in [0.1, 0.15) is 11.9 Å². The van der Waals surface area contributed by atoms with Crippen LogP contribution in [0.4, 0.5) is 0 Å². The fourth-order valence-electron chi connectivity index (χ4n) is 1.16. The van der Waals surface area contributed by atoms with E-state index in [0.717, 1.165) is 5.76 Å². The van der Waals surface area contributed by atoms with Crippen molar-refractivity contribution < 1.29 is 14.6 Å². The molecule has 0 aromatic carbocycles. The zero-order valence-corrected chi connectivity index (χ0v) is 4.91. The van der Waals surface area contributed by atoms with Crippen molar-refractivity contribution in [3.8, 4) is 0 Å². The Labute approximate surface area is 52.9 Å². The van der Waals surface area contributed by atoms with E-state index in [-0.39, 0.29) is 6.10 Å². The van der Waals surface area contributed by atoms with Gasteiger partial charge in [0.25, 0.3) is 0 Å². The summed E-state index contributed by atoms with van der Waals surface area (Å²) < 4.78 is 10.1. The highest BCUT2D eigenvalue weighted by Crippen LogP contribution is 2.28. The van der Waals surface area contributed by atoms with Gasteiger partial charge in [0.2, 0.25) is 0 Å². The summed E-state index contributed by atoms with van der Waals surface area (Å²) in [5, 5.41) is 8.89. The van der Waals surface area contributed by atoms with Gasteiger partial charge in [-0.1, -0.05) is 0 Å². The quantitative estimate of drug-likeness (QED) is 0.499. The average Bonchev–Trinajstić information content (AvgIpc) is 2.22. The molecule has 50 valence electrons. The third-order valence-electron chi connectivity index (χ3n) is 1.59. The third-order valence-corrected chi connectivity index (χ3v) is 1.59. The smallest absolute Gasteiger partial charge is 0.199 e. The molecule has 1 saturated heterocycles. The van der Waals surface area contributed by atoms with Crippen LogP contribution < -0.4 is 0 Å². The maximum atomic E-state index is 8.89. The molecule has 9 heavy (non-hydrogen) atoms. The second-order valence-electron chi connectivity index (χ2n) is 2.24. The molecule has 0 saturated carbocycles. The summed E-state index contributed by atoms with van der Waals surface area (Å²) >= 11 is 0. The summed E-state index contributed by atoms with van der Waals surface area (Å²) in [6.07, 6.45) is 1.86. The molecule has 0 spiro atoms. The van der Waals surface area contributed by atoms with Gasteiger partial charge in [0.15, 0.2) is 6.29 Å². The average molecular weight is 128 g/mol. The van der Waals surface area contributed by atoms with Crippen molar-refractivity contribution >= 4 is 0 Å². The van der Waals surface area contributed by atoms with Gasteiger partial charge in [0, 0.05) is 6.42 Å². The molecule has 0 aliphatic carbocycles. The number of hydrogen-bond acceptors (Lipinski definition) is 3. The molecule has 0 amide bonds. The Balaban J connectivity index is 2.15. The van der Waals surface area contributed by atoms with Crippen molar-refractivity contribution in [1.29, 1.82) is 0 Å². The van der Waals surface area contributed by atoms with Crippen LogP contribution in [0, 0.1) is 0 Å². The van der Waals surface area contributed by atoms with Gasteiger partial charge >= 0.3 is 0 Å². The minimum atomic E-state index is -0.637. The number of hydrogen-bond donors (Lipinski definition) is 1. The van der Waals surface area contributed by atoms with Crippen LogP contribution in [0.5, 0.6) is 0 Å². The monoisotopic (exact) mass is 128 g/mol. The number of rotatable bonds is 0. The first-order chi connectivity index (χ1) is 4.36. The van der Waals surface area contributed by atoms with Crippen LogP contribution in [0.25, 0.3) is 0 Å². The molecule has 2 unspecified atom stereocenters. The van der Waals surface area contributed by atoms with E-state index < -0.39 is 6.29 Å². The topological polar surface area (TPSA) is 38.7 Å². The van der Waals surface area contributed by atoms with Gasteiger partial charge in [-0.25, -0.2) is 0 Å². The van der Waals surface area contributed by atoms with Crippen LogP contribution in [0.15, 0.2) is 11.8 Å². The molecular formula is C6H8O3. The number of aliphatic hydroxyl groups is 1. The van der Waals surface area contributed by atoms with Crippen molar-refractivity contribution in [2.45, 2.75) is 18.8 Å². The lowest BCUT2D eigenvalue weighted by molar-refractivity contribution is -0.0372. The molecule has 2 heterocycles. The van der Waals surface area contributed by atoms with E-state index in [1.165, 1.54) is 0 Å². The van der Waals surface area contributed by atoms with Gasteiger partial charge in [-0.2, -0.15) is 0 Å². The lowest BCUT2D eigenvalue weighted by Crippen LogP contribution is -2.07. The van der Waals surface area contributed by atoms with E-state index in [4.69, 9.17) is 14.6 Å². The molecule has 1 N–H and O–H groups in total. The lowest BCUT2D eigenvalue weighted by atomic mass is 10.3. The summed E-state index contributed by atoms with van der Waals surface area (Å²) in [6.45, 7) is 0.632. The van der Waals surface area contributed by atoms with Crippen LogP contribution in [0.1, 0.15) is 6.42 Å². The van der Waals surface area contributed by atoms with Crippen LogP contribution in [-0.4, -0.2) is 24.1 Å². The zero-order valence-electron chi connectivity index (χ0n) is 4.91.